The van der Waals surface area contributed by atoms with Crippen LogP contribution in [0.15, 0.2) is 35.0 Å². The third-order valence-electron chi connectivity index (χ3n) is 2.55. The number of hydrogen-bond acceptors (Lipinski definition) is 3. The van der Waals surface area contributed by atoms with Crippen LogP contribution in [0, 0.1) is 0 Å². The van der Waals surface area contributed by atoms with Crippen molar-refractivity contribution in [3.63, 3.8) is 0 Å². The van der Waals surface area contributed by atoms with Gasteiger partial charge in [0.15, 0.2) is 0 Å². The number of nitrogens with zero attached hydrogens (tertiary/aromatic N) is 1. The normalized spacial score (nSPS) is 11.8. The summed E-state index contributed by atoms with van der Waals surface area (Å²) in [5.74, 6) is 1.67. The van der Waals surface area contributed by atoms with Crippen LogP contribution >= 0.6 is 11.6 Å². The summed E-state index contributed by atoms with van der Waals surface area (Å²) < 4.78 is 10.7. The molecule has 3 nitrogen and oxygen atoms in total. The van der Waals surface area contributed by atoms with Crippen LogP contribution in [0.5, 0.6) is 11.5 Å². The van der Waals surface area contributed by atoms with Crippen molar-refractivity contribution >= 4 is 11.6 Å². The van der Waals surface area contributed by atoms with Crippen LogP contribution in [-0.2, 0) is 0 Å². The van der Waals surface area contributed by atoms with E-state index < -0.39 is 0 Å². The lowest BCUT2D eigenvalue weighted by Crippen LogP contribution is -2.09. The summed E-state index contributed by atoms with van der Waals surface area (Å²) in [5, 5.41) is 0.772. The summed E-state index contributed by atoms with van der Waals surface area (Å²) in [5.41, 5.74) is 1.12. The molecule has 0 atom stereocenters. The van der Waals surface area contributed by atoms with Crippen LogP contribution < -0.4 is 9.47 Å². The fraction of sp³-hybridized carbons (Fsp3) is 0.429. The van der Waals surface area contributed by atoms with Crippen LogP contribution in [0.4, 0.5) is 0 Å². The summed E-state index contributed by atoms with van der Waals surface area (Å²) in [6.07, 6.45) is 0.809. The van der Waals surface area contributed by atoms with E-state index in [1.165, 1.54) is 0 Å². The van der Waals surface area contributed by atoms with Crippen molar-refractivity contribution in [1.29, 1.82) is 0 Å². The molecule has 0 saturated carbocycles. The zero-order chi connectivity index (χ0) is 13.5. The van der Waals surface area contributed by atoms with E-state index in [1.807, 2.05) is 50.2 Å². The molecular formula is C14H20ClNO2. The number of rotatable bonds is 6. The van der Waals surface area contributed by atoms with E-state index in [-0.39, 0.29) is 0 Å². The van der Waals surface area contributed by atoms with Gasteiger partial charge in [-0.2, -0.15) is 0 Å². The fourth-order valence-corrected chi connectivity index (χ4v) is 1.57. The van der Waals surface area contributed by atoms with Crippen LogP contribution in [0.25, 0.3) is 0 Å². The van der Waals surface area contributed by atoms with Gasteiger partial charge in [-0.1, -0.05) is 11.6 Å². The summed E-state index contributed by atoms with van der Waals surface area (Å²) in [6.45, 7) is 2.63. The molecule has 1 aromatic rings. The highest BCUT2D eigenvalue weighted by Gasteiger charge is 2.02. The van der Waals surface area contributed by atoms with Gasteiger partial charge >= 0.3 is 0 Å². The van der Waals surface area contributed by atoms with Gasteiger partial charge in [-0.15, -0.1) is 0 Å². The maximum Gasteiger partial charge on any atom is 0.119 e. The van der Waals surface area contributed by atoms with E-state index in [9.17, 15) is 0 Å². The highest BCUT2D eigenvalue weighted by atomic mass is 35.5. The Morgan fingerprint density at radius 2 is 1.72 bits per heavy atom. The van der Waals surface area contributed by atoms with Gasteiger partial charge in [-0.05, 0) is 36.8 Å². The minimum absolute atomic E-state index is 0.613. The third-order valence-corrected chi connectivity index (χ3v) is 3.21. The molecule has 0 N–H and O–H groups in total. The highest BCUT2D eigenvalue weighted by Crippen LogP contribution is 2.19. The van der Waals surface area contributed by atoms with Gasteiger partial charge in [-0.3, -0.25) is 0 Å². The fourth-order valence-electron chi connectivity index (χ4n) is 1.48. The SMILES string of the molecule is COc1ccc(OCC/C(C)=C(\Cl)N(C)C)cc1. The summed E-state index contributed by atoms with van der Waals surface area (Å²) in [6, 6.07) is 7.55. The first-order valence-electron chi connectivity index (χ1n) is 5.84. The lowest BCUT2D eigenvalue weighted by atomic mass is 10.2. The Labute approximate surface area is 114 Å². The molecule has 0 bridgehead atoms. The van der Waals surface area contributed by atoms with Gasteiger partial charge in [-0.25, -0.2) is 0 Å². The second-order valence-electron chi connectivity index (χ2n) is 4.24. The lowest BCUT2D eigenvalue weighted by Gasteiger charge is -2.14. The summed E-state index contributed by atoms with van der Waals surface area (Å²) >= 11 is 6.12. The van der Waals surface area contributed by atoms with Crippen LogP contribution in [0.3, 0.4) is 0 Å². The lowest BCUT2D eigenvalue weighted by molar-refractivity contribution is 0.319. The molecule has 0 aliphatic carbocycles. The quantitative estimate of drug-likeness (QED) is 0.738. The van der Waals surface area contributed by atoms with E-state index in [4.69, 9.17) is 21.1 Å². The molecule has 0 amide bonds. The molecule has 0 aliphatic heterocycles. The maximum absolute atomic E-state index is 6.12. The van der Waals surface area contributed by atoms with Gasteiger partial charge in [0, 0.05) is 20.5 Å². The Hall–Kier alpha value is -1.35. The van der Waals surface area contributed by atoms with Crippen LogP contribution in [0.2, 0.25) is 0 Å². The zero-order valence-electron chi connectivity index (χ0n) is 11.4. The van der Waals surface area contributed by atoms with Crippen molar-refractivity contribution < 1.29 is 9.47 Å². The molecule has 18 heavy (non-hydrogen) atoms. The summed E-state index contributed by atoms with van der Waals surface area (Å²) in [7, 11) is 5.50. The van der Waals surface area contributed by atoms with Crippen LogP contribution in [-0.4, -0.2) is 32.7 Å². The molecule has 0 saturated heterocycles. The Bertz CT molecular complexity index is 399. The Morgan fingerprint density at radius 3 is 2.22 bits per heavy atom. The Kier molecular flexibility index (Phi) is 5.86. The van der Waals surface area contributed by atoms with E-state index >= 15 is 0 Å². The zero-order valence-corrected chi connectivity index (χ0v) is 12.1. The second kappa shape index (κ2) is 7.17. The topological polar surface area (TPSA) is 21.7 Å². The summed E-state index contributed by atoms with van der Waals surface area (Å²) in [4.78, 5) is 1.89. The first kappa shape index (κ1) is 14.7. The van der Waals surface area contributed by atoms with Crippen molar-refractivity contribution in [3.8, 4) is 11.5 Å². The number of hydrogen-bond donors (Lipinski definition) is 0. The van der Waals surface area contributed by atoms with Crippen molar-refractivity contribution in [2.75, 3.05) is 27.8 Å². The molecule has 4 heteroatoms. The van der Waals surface area contributed by atoms with Gasteiger partial charge in [0.2, 0.25) is 0 Å². The number of halogens is 1. The van der Waals surface area contributed by atoms with Gasteiger partial charge in [0.1, 0.15) is 16.7 Å². The third kappa shape index (κ3) is 4.49. The van der Waals surface area contributed by atoms with Gasteiger partial charge in [0.25, 0.3) is 0 Å². The first-order valence-corrected chi connectivity index (χ1v) is 6.22. The molecule has 100 valence electrons. The maximum atomic E-state index is 6.12. The minimum Gasteiger partial charge on any atom is -0.497 e. The van der Waals surface area contributed by atoms with Gasteiger partial charge < -0.3 is 14.4 Å². The molecule has 1 aromatic carbocycles. The standard InChI is InChI=1S/C14H20ClNO2/c1-11(14(15)16(2)3)9-10-18-13-7-5-12(17-4)6-8-13/h5-8H,9-10H2,1-4H3/b14-11+. The second-order valence-corrected chi connectivity index (χ2v) is 4.60. The average Bonchev–Trinajstić information content (AvgIpc) is 2.38. The van der Waals surface area contributed by atoms with E-state index in [0.717, 1.165) is 28.6 Å². The van der Waals surface area contributed by atoms with E-state index in [1.54, 1.807) is 7.11 Å². The Balaban J connectivity index is 2.44. The number of ether oxygens (including phenoxy) is 2. The molecule has 0 fully saturated rings. The first-order chi connectivity index (χ1) is 8.54. The number of benzene rings is 1. The molecular weight excluding hydrogens is 250 g/mol. The van der Waals surface area contributed by atoms with E-state index in [2.05, 4.69) is 0 Å². The molecule has 1 rings (SSSR count). The molecule has 0 radical (unpaired) electrons. The van der Waals surface area contributed by atoms with Crippen LogP contribution in [0.1, 0.15) is 13.3 Å². The van der Waals surface area contributed by atoms with Crippen molar-refractivity contribution in [2.24, 2.45) is 0 Å². The largest absolute Gasteiger partial charge is 0.497 e. The molecule has 0 aromatic heterocycles. The minimum atomic E-state index is 0.613. The molecule has 0 aliphatic rings. The van der Waals surface area contributed by atoms with Crippen molar-refractivity contribution in [3.05, 3.63) is 35.0 Å². The van der Waals surface area contributed by atoms with Gasteiger partial charge in [0.05, 0.1) is 13.7 Å². The Morgan fingerprint density at radius 1 is 1.17 bits per heavy atom. The smallest absolute Gasteiger partial charge is 0.119 e. The average molecular weight is 270 g/mol. The van der Waals surface area contributed by atoms with Crippen molar-refractivity contribution in [1.82, 2.24) is 4.90 Å². The van der Waals surface area contributed by atoms with Crippen molar-refractivity contribution in [2.45, 2.75) is 13.3 Å². The molecule has 0 spiro atoms. The monoisotopic (exact) mass is 269 g/mol. The van der Waals surface area contributed by atoms with E-state index in [0.29, 0.717) is 6.61 Å². The molecule has 0 unspecified atom stereocenters. The highest BCUT2D eigenvalue weighted by molar-refractivity contribution is 6.29. The predicted octanol–water partition coefficient (Wildman–Crippen LogP) is 3.50. The predicted molar refractivity (Wildman–Crippen MR) is 75.3 cm³/mol. The molecule has 0 heterocycles. The number of methoxy groups -OCH3 is 1.